The summed E-state index contributed by atoms with van der Waals surface area (Å²) >= 11 is 0. The van der Waals surface area contributed by atoms with Gasteiger partial charge in [-0.1, -0.05) is 30.3 Å². The fourth-order valence-corrected chi connectivity index (χ4v) is 1.81. The Morgan fingerprint density at radius 3 is 2.67 bits per heavy atom. The van der Waals surface area contributed by atoms with Gasteiger partial charge in [0, 0.05) is 13.1 Å². The van der Waals surface area contributed by atoms with Gasteiger partial charge in [-0.2, -0.15) is 0 Å². The van der Waals surface area contributed by atoms with Crippen molar-refractivity contribution in [1.82, 2.24) is 5.32 Å². The van der Waals surface area contributed by atoms with Crippen LogP contribution in [0.4, 0.5) is 0 Å². The second-order valence-electron chi connectivity index (χ2n) is 3.58. The number of nitrogens with two attached hydrogens (primary N) is 1. The van der Waals surface area contributed by atoms with E-state index in [0.29, 0.717) is 13.2 Å². The molecule has 1 saturated heterocycles. The standard InChI is InChI=1S/C11H14N2O2/c12-10(14)11(8-13-6-7-15-11)9-4-2-1-3-5-9/h1-5,13H,6-8H2,(H2,12,14). The second kappa shape index (κ2) is 4.00. The highest BCUT2D eigenvalue weighted by atomic mass is 16.5. The van der Waals surface area contributed by atoms with E-state index < -0.39 is 11.5 Å². The van der Waals surface area contributed by atoms with Crippen LogP contribution in [0.5, 0.6) is 0 Å². The highest BCUT2D eigenvalue weighted by Gasteiger charge is 2.41. The van der Waals surface area contributed by atoms with Crippen LogP contribution in [-0.4, -0.2) is 25.6 Å². The monoisotopic (exact) mass is 206 g/mol. The summed E-state index contributed by atoms with van der Waals surface area (Å²) in [5, 5.41) is 3.13. The third-order valence-electron chi connectivity index (χ3n) is 2.64. The molecular formula is C11H14N2O2. The molecule has 80 valence electrons. The second-order valence-corrected chi connectivity index (χ2v) is 3.58. The zero-order valence-electron chi connectivity index (χ0n) is 8.40. The van der Waals surface area contributed by atoms with Gasteiger partial charge < -0.3 is 15.8 Å². The number of carbonyl (C=O) groups excluding carboxylic acids is 1. The van der Waals surface area contributed by atoms with Crippen molar-refractivity contribution in [2.45, 2.75) is 5.60 Å². The minimum atomic E-state index is -1.00. The highest BCUT2D eigenvalue weighted by Crippen LogP contribution is 2.26. The van der Waals surface area contributed by atoms with Crippen molar-refractivity contribution < 1.29 is 9.53 Å². The van der Waals surface area contributed by atoms with E-state index >= 15 is 0 Å². The Hall–Kier alpha value is -1.39. The fourth-order valence-electron chi connectivity index (χ4n) is 1.81. The van der Waals surface area contributed by atoms with Crippen molar-refractivity contribution in [3.63, 3.8) is 0 Å². The molecule has 0 bridgehead atoms. The molecule has 2 rings (SSSR count). The van der Waals surface area contributed by atoms with Gasteiger partial charge in [0.2, 0.25) is 0 Å². The molecule has 1 aliphatic rings. The molecule has 1 heterocycles. The molecule has 0 aromatic heterocycles. The van der Waals surface area contributed by atoms with Crippen molar-refractivity contribution in [1.29, 1.82) is 0 Å². The van der Waals surface area contributed by atoms with Crippen molar-refractivity contribution in [3.8, 4) is 0 Å². The summed E-state index contributed by atoms with van der Waals surface area (Å²) in [6, 6.07) is 9.36. The number of morpholine rings is 1. The maximum absolute atomic E-state index is 11.5. The molecule has 1 unspecified atom stereocenters. The van der Waals surface area contributed by atoms with Gasteiger partial charge in [-0.3, -0.25) is 4.79 Å². The maximum Gasteiger partial charge on any atom is 0.255 e. The molecule has 0 saturated carbocycles. The lowest BCUT2D eigenvalue weighted by molar-refractivity contribution is -0.149. The first kappa shape index (κ1) is 10.1. The highest BCUT2D eigenvalue weighted by molar-refractivity contribution is 5.85. The van der Waals surface area contributed by atoms with Crippen molar-refractivity contribution in [2.75, 3.05) is 19.7 Å². The molecule has 1 atom stereocenters. The predicted molar refractivity (Wildman–Crippen MR) is 56.1 cm³/mol. The van der Waals surface area contributed by atoms with E-state index in [2.05, 4.69) is 5.32 Å². The molecule has 4 nitrogen and oxygen atoms in total. The van der Waals surface area contributed by atoms with Gasteiger partial charge in [-0.25, -0.2) is 0 Å². The van der Waals surface area contributed by atoms with Crippen LogP contribution < -0.4 is 11.1 Å². The van der Waals surface area contributed by atoms with Gasteiger partial charge in [-0.05, 0) is 5.56 Å². The van der Waals surface area contributed by atoms with Crippen LogP contribution in [0.1, 0.15) is 5.56 Å². The third-order valence-corrected chi connectivity index (χ3v) is 2.64. The Balaban J connectivity index is 2.38. The largest absolute Gasteiger partial charge is 0.367 e. The van der Waals surface area contributed by atoms with Gasteiger partial charge in [-0.15, -0.1) is 0 Å². The molecule has 1 fully saturated rings. The molecule has 1 aliphatic heterocycles. The number of rotatable bonds is 2. The first-order valence-electron chi connectivity index (χ1n) is 4.96. The number of primary amides is 1. The lowest BCUT2D eigenvalue weighted by Crippen LogP contribution is -2.55. The number of benzene rings is 1. The zero-order chi connectivity index (χ0) is 10.7. The summed E-state index contributed by atoms with van der Waals surface area (Å²) in [7, 11) is 0. The molecule has 1 aromatic carbocycles. The molecule has 3 N–H and O–H groups in total. The van der Waals surface area contributed by atoms with E-state index in [0.717, 1.165) is 12.1 Å². The van der Waals surface area contributed by atoms with E-state index in [1.165, 1.54) is 0 Å². The van der Waals surface area contributed by atoms with Gasteiger partial charge in [0.25, 0.3) is 5.91 Å². The average Bonchev–Trinajstić information content (AvgIpc) is 2.31. The summed E-state index contributed by atoms with van der Waals surface area (Å²) in [6.45, 7) is 1.69. The number of hydrogen-bond donors (Lipinski definition) is 2. The molecule has 15 heavy (non-hydrogen) atoms. The van der Waals surface area contributed by atoms with Crippen LogP contribution in [0.25, 0.3) is 0 Å². The smallest absolute Gasteiger partial charge is 0.255 e. The summed E-state index contributed by atoms with van der Waals surface area (Å²) in [5.74, 6) is -0.444. The van der Waals surface area contributed by atoms with Crippen LogP contribution >= 0.6 is 0 Å². The minimum absolute atomic E-state index is 0.437. The first-order chi connectivity index (χ1) is 7.26. The quantitative estimate of drug-likeness (QED) is 0.715. The summed E-state index contributed by atoms with van der Waals surface area (Å²) in [4.78, 5) is 11.5. The van der Waals surface area contributed by atoms with Crippen LogP contribution in [-0.2, 0) is 15.1 Å². The van der Waals surface area contributed by atoms with Crippen molar-refractivity contribution >= 4 is 5.91 Å². The number of nitrogens with one attached hydrogen (secondary N) is 1. The van der Waals surface area contributed by atoms with Crippen molar-refractivity contribution in [3.05, 3.63) is 35.9 Å². The fraction of sp³-hybridized carbons (Fsp3) is 0.364. The SMILES string of the molecule is NC(=O)C1(c2ccccc2)CNCCO1. The van der Waals surface area contributed by atoms with Crippen LogP contribution in [0.3, 0.4) is 0 Å². The summed E-state index contributed by atoms with van der Waals surface area (Å²) in [5.41, 5.74) is 5.24. The van der Waals surface area contributed by atoms with Gasteiger partial charge in [0.1, 0.15) is 0 Å². The number of amides is 1. The molecule has 1 amide bonds. The Labute approximate surface area is 88.4 Å². The van der Waals surface area contributed by atoms with Gasteiger partial charge >= 0.3 is 0 Å². The topological polar surface area (TPSA) is 64.4 Å². The van der Waals surface area contributed by atoms with E-state index in [1.807, 2.05) is 30.3 Å². The molecule has 1 aromatic rings. The number of hydrogen-bond acceptors (Lipinski definition) is 3. The summed E-state index contributed by atoms with van der Waals surface area (Å²) in [6.07, 6.45) is 0. The van der Waals surface area contributed by atoms with Crippen molar-refractivity contribution in [2.24, 2.45) is 5.73 Å². The zero-order valence-corrected chi connectivity index (χ0v) is 8.40. The lowest BCUT2D eigenvalue weighted by atomic mass is 9.92. The Morgan fingerprint density at radius 2 is 2.13 bits per heavy atom. The van der Waals surface area contributed by atoms with Gasteiger partial charge in [0.15, 0.2) is 5.60 Å². The van der Waals surface area contributed by atoms with Crippen LogP contribution in [0.2, 0.25) is 0 Å². The molecule has 4 heteroatoms. The minimum Gasteiger partial charge on any atom is -0.367 e. The third kappa shape index (κ3) is 1.73. The Bertz CT molecular complexity index is 345. The van der Waals surface area contributed by atoms with E-state index in [-0.39, 0.29) is 0 Å². The lowest BCUT2D eigenvalue weighted by Gasteiger charge is -2.35. The van der Waals surface area contributed by atoms with E-state index in [1.54, 1.807) is 0 Å². The Morgan fingerprint density at radius 1 is 1.40 bits per heavy atom. The van der Waals surface area contributed by atoms with Crippen LogP contribution in [0.15, 0.2) is 30.3 Å². The molecule has 0 spiro atoms. The van der Waals surface area contributed by atoms with E-state index in [9.17, 15) is 4.79 Å². The normalized spacial score (nSPS) is 26.1. The van der Waals surface area contributed by atoms with E-state index in [4.69, 9.17) is 10.5 Å². The molecular weight excluding hydrogens is 192 g/mol. The van der Waals surface area contributed by atoms with Crippen LogP contribution in [0, 0.1) is 0 Å². The molecule has 0 aliphatic carbocycles. The van der Waals surface area contributed by atoms with Gasteiger partial charge in [0.05, 0.1) is 6.61 Å². The average molecular weight is 206 g/mol. The molecule has 0 radical (unpaired) electrons. The number of ether oxygens (including phenoxy) is 1. The first-order valence-corrected chi connectivity index (χ1v) is 4.96. The predicted octanol–water partition coefficient (Wildman–Crippen LogP) is -0.0130. The number of carbonyl (C=O) groups is 1. The Kier molecular flexibility index (Phi) is 2.70. The summed E-state index contributed by atoms with van der Waals surface area (Å²) < 4.78 is 5.58. The maximum atomic E-state index is 11.5.